The lowest BCUT2D eigenvalue weighted by molar-refractivity contribution is -0.0234. The van der Waals surface area contributed by atoms with Crippen LogP contribution in [-0.2, 0) is 19.7 Å². The molecule has 0 unspecified atom stereocenters. The number of hydrogen-bond donors (Lipinski definition) is 2. The zero-order valence-electron chi connectivity index (χ0n) is 14.1. The molecule has 0 bridgehead atoms. The van der Waals surface area contributed by atoms with E-state index in [0.717, 1.165) is 22.2 Å². The number of fused-ring (bicyclic) bond motifs is 1. The van der Waals surface area contributed by atoms with Gasteiger partial charge < -0.3 is 10.4 Å². The average Bonchev–Trinajstić information content (AvgIpc) is 3.10. The molecule has 0 spiro atoms. The molecule has 0 aliphatic carbocycles. The van der Waals surface area contributed by atoms with Crippen molar-refractivity contribution < 1.29 is 5.11 Å². The Hall–Kier alpha value is -2.25. The number of nitrogens with zero attached hydrogens (tertiary/aromatic N) is 5. The molecular weight excluding hydrogens is 304 g/mol. The van der Waals surface area contributed by atoms with Crippen LogP contribution < -0.4 is 5.32 Å². The van der Waals surface area contributed by atoms with Crippen LogP contribution in [0.25, 0.3) is 10.9 Å². The third-order valence-electron chi connectivity index (χ3n) is 4.81. The van der Waals surface area contributed by atoms with Gasteiger partial charge in [0.2, 0.25) is 0 Å². The highest BCUT2D eigenvalue weighted by molar-refractivity contribution is 5.78. The Morgan fingerprint density at radius 2 is 2.04 bits per heavy atom. The van der Waals surface area contributed by atoms with E-state index in [1.807, 2.05) is 44.7 Å². The molecule has 7 heteroatoms. The Labute approximate surface area is 140 Å². The molecule has 3 atom stereocenters. The maximum atomic E-state index is 11.4. The molecular formula is C17H22N6O. The summed E-state index contributed by atoms with van der Waals surface area (Å²) in [5.41, 5.74) is 1.78. The Balaban J connectivity index is 1.70. The summed E-state index contributed by atoms with van der Waals surface area (Å²) < 4.78 is 3.49. The number of nitrogens with one attached hydrogen (secondary N) is 1. The van der Waals surface area contributed by atoms with Gasteiger partial charge in [-0.1, -0.05) is 17.3 Å². The molecule has 2 N–H and O–H groups in total. The first-order chi connectivity index (χ1) is 11.4. The number of aromatic nitrogens is 5. The van der Waals surface area contributed by atoms with E-state index in [0.29, 0.717) is 12.8 Å². The van der Waals surface area contributed by atoms with Crippen molar-refractivity contribution in [2.24, 2.45) is 14.1 Å². The van der Waals surface area contributed by atoms with Gasteiger partial charge in [0, 0.05) is 44.3 Å². The number of aryl methyl sites for hydroxylation is 2. The number of piperidine rings is 1. The van der Waals surface area contributed by atoms with Crippen molar-refractivity contribution in [1.82, 2.24) is 30.1 Å². The molecule has 1 aromatic carbocycles. The van der Waals surface area contributed by atoms with Crippen LogP contribution >= 0.6 is 0 Å². The largest absolute Gasteiger partial charge is 0.385 e. The minimum atomic E-state index is -0.904. The zero-order valence-corrected chi connectivity index (χ0v) is 14.1. The van der Waals surface area contributed by atoms with E-state index in [1.54, 1.807) is 9.36 Å². The summed E-state index contributed by atoms with van der Waals surface area (Å²) in [7, 11) is 3.76. The van der Waals surface area contributed by atoms with Gasteiger partial charge in [0.1, 0.15) is 0 Å². The number of hydrogen-bond acceptors (Lipinski definition) is 5. The van der Waals surface area contributed by atoms with Gasteiger partial charge in [-0.05, 0) is 25.0 Å². The highest BCUT2D eigenvalue weighted by Crippen LogP contribution is 2.40. The third kappa shape index (κ3) is 2.59. The van der Waals surface area contributed by atoms with Crippen molar-refractivity contribution in [3.05, 3.63) is 41.9 Å². The van der Waals surface area contributed by atoms with Crippen LogP contribution in [0.15, 0.2) is 30.6 Å². The highest BCUT2D eigenvalue weighted by Gasteiger charge is 2.40. The molecule has 7 nitrogen and oxygen atoms in total. The lowest BCUT2D eigenvalue weighted by Crippen LogP contribution is -2.47. The summed E-state index contributed by atoms with van der Waals surface area (Å²) in [6, 6.07) is 6.19. The molecule has 24 heavy (non-hydrogen) atoms. The quantitative estimate of drug-likeness (QED) is 0.744. The van der Waals surface area contributed by atoms with Gasteiger partial charge in [0.15, 0.2) is 0 Å². The standard InChI is InChI=1S/C17H22N6O/c1-11-7-17(24,8-15(18-11)16-10-23(3)21-19-16)13-5-4-12-9-22(2)20-14(12)6-13/h4-6,9-11,15,18,24H,7-8H2,1-3H3/t11-,15-,17-/m0/s1. The molecule has 0 saturated carbocycles. The first-order valence-electron chi connectivity index (χ1n) is 8.21. The molecule has 1 fully saturated rings. The van der Waals surface area contributed by atoms with E-state index in [2.05, 4.69) is 27.7 Å². The monoisotopic (exact) mass is 326 g/mol. The predicted octanol–water partition coefficient (Wildman–Crippen LogP) is 1.40. The molecule has 1 saturated heterocycles. The van der Waals surface area contributed by atoms with E-state index in [-0.39, 0.29) is 12.1 Å². The van der Waals surface area contributed by atoms with Crippen molar-refractivity contribution in [2.45, 2.75) is 37.5 Å². The second-order valence-corrected chi connectivity index (χ2v) is 6.95. The van der Waals surface area contributed by atoms with Gasteiger partial charge >= 0.3 is 0 Å². The maximum Gasteiger partial charge on any atom is 0.0997 e. The number of rotatable bonds is 2. The molecule has 126 valence electrons. The van der Waals surface area contributed by atoms with E-state index in [9.17, 15) is 5.11 Å². The van der Waals surface area contributed by atoms with Crippen LogP contribution in [0.2, 0.25) is 0 Å². The summed E-state index contributed by atoms with van der Waals surface area (Å²) >= 11 is 0. The molecule has 0 amide bonds. The van der Waals surface area contributed by atoms with Crippen LogP contribution in [0, 0.1) is 0 Å². The van der Waals surface area contributed by atoms with Crippen LogP contribution in [0.3, 0.4) is 0 Å². The number of benzene rings is 1. The maximum absolute atomic E-state index is 11.4. The lowest BCUT2D eigenvalue weighted by atomic mass is 9.78. The SMILES string of the molecule is C[C@H]1C[C@@](O)(c2ccc3cn(C)nc3c2)C[C@@H](c2cn(C)nn2)N1. The minimum absolute atomic E-state index is 0.0214. The topological polar surface area (TPSA) is 80.8 Å². The van der Waals surface area contributed by atoms with Crippen molar-refractivity contribution >= 4 is 10.9 Å². The van der Waals surface area contributed by atoms with Gasteiger partial charge in [0.25, 0.3) is 0 Å². The highest BCUT2D eigenvalue weighted by atomic mass is 16.3. The van der Waals surface area contributed by atoms with Crippen molar-refractivity contribution in [3.63, 3.8) is 0 Å². The fourth-order valence-corrected chi connectivity index (χ4v) is 3.77. The first-order valence-corrected chi connectivity index (χ1v) is 8.21. The normalized spacial score (nSPS) is 27.7. The van der Waals surface area contributed by atoms with Crippen LogP contribution in [0.4, 0.5) is 0 Å². The lowest BCUT2D eigenvalue weighted by Gasteiger charge is -2.40. The second-order valence-electron chi connectivity index (χ2n) is 6.95. The van der Waals surface area contributed by atoms with Crippen LogP contribution in [0.1, 0.15) is 37.1 Å². The molecule has 0 radical (unpaired) electrons. The summed E-state index contributed by atoms with van der Waals surface area (Å²) in [4.78, 5) is 0. The van der Waals surface area contributed by atoms with E-state index >= 15 is 0 Å². The van der Waals surface area contributed by atoms with Crippen LogP contribution in [-0.4, -0.2) is 35.9 Å². The predicted molar refractivity (Wildman–Crippen MR) is 90.2 cm³/mol. The summed E-state index contributed by atoms with van der Waals surface area (Å²) in [5.74, 6) is 0. The smallest absolute Gasteiger partial charge is 0.0997 e. The minimum Gasteiger partial charge on any atom is -0.385 e. The number of aliphatic hydroxyl groups is 1. The van der Waals surface area contributed by atoms with E-state index in [4.69, 9.17) is 0 Å². The Morgan fingerprint density at radius 3 is 2.79 bits per heavy atom. The Kier molecular flexibility index (Phi) is 3.43. The van der Waals surface area contributed by atoms with Gasteiger partial charge in [-0.2, -0.15) is 5.10 Å². The van der Waals surface area contributed by atoms with Gasteiger partial charge in [-0.15, -0.1) is 5.10 Å². The van der Waals surface area contributed by atoms with E-state index < -0.39 is 5.60 Å². The van der Waals surface area contributed by atoms with E-state index in [1.165, 1.54) is 0 Å². The van der Waals surface area contributed by atoms with Crippen molar-refractivity contribution in [3.8, 4) is 0 Å². The molecule has 3 aromatic rings. The zero-order chi connectivity index (χ0) is 16.9. The first kappa shape index (κ1) is 15.3. The fourth-order valence-electron chi connectivity index (χ4n) is 3.77. The van der Waals surface area contributed by atoms with Crippen molar-refractivity contribution in [2.75, 3.05) is 0 Å². The molecule has 3 heterocycles. The molecule has 4 rings (SSSR count). The molecule has 1 aliphatic heterocycles. The van der Waals surface area contributed by atoms with Crippen molar-refractivity contribution in [1.29, 1.82) is 0 Å². The van der Waals surface area contributed by atoms with Gasteiger partial charge in [-0.25, -0.2) is 0 Å². The molecule has 2 aromatic heterocycles. The van der Waals surface area contributed by atoms with Gasteiger partial charge in [-0.3, -0.25) is 9.36 Å². The molecule has 1 aliphatic rings. The average molecular weight is 326 g/mol. The second kappa shape index (κ2) is 5.39. The Morgan fingerprint density at radius 1 is 1.21 bits per heavy atom. The van der Waals surface area contributed by atoms with Gasteiger partial charge in [0.05, 0.1) is 22.9 Å². The Bertz CT molecular complexity index is 884. The fraction of sp³-hybridized carbons (Fsp3) is 0.471. The summed E-state index contributed by atoms with van der Waals surface area (Å²) in [5, 5.41) is 28.7. The third-order valence-corrected chi connectivity index (χ3v) is 4.81. The summed E-state index contributed by atoms with van der Waals surface area (Å²) in [6.45, 7) is 2.09. The summed E-state index contributed by atoms with van der Waals surface area (Å²) in [6.07, 6.45) is 5.10. The van der Waals surface area contributed by atoms with Crippen LogP contribution in [0.5, 0.6) is 0 Å².